The van der Waals surface area contributed by atoms with Gasteiger partial charge in [-0.25, -0.2) is 4.98 Å². The minimum Gasteiger partial charge on any atom is -0.482 e. The zero-order chi connectivity index (χ0) is 19.6. The fraction of sp³-hybridized carbons (Fsp3) is 0.222. The summed E-state index contributed by atoms with van der Waals surface area (Å²) in [5.41, 5.74) is 1.81. The summed E-state index contributed by atoms with van der Waals surface area (Å²) in [6.45, 7) is 0.528. The smallest absolute Gasteiger partial charge is 0.422 e. The Hall–Kier alpha value is -2.74. The molecule has 1 N–H and O–H groups in total. The molecule has 0 spiro atoms. The van der Waals surface area contributed by atoms with Crippen molar-refractivity contribution in [1.82, 2.24) is 9.38 Å². The highest BCUT2D eigenvalue weighted by Crippen LogP contribution is 2.30. The number of pyridine rings is 1. The molecule has 142 valence electrons. The molecule has 9 heteroatoms. The van der Waals surface area contributed by atoms with E-state index in [0.717, 1.165) is 5.56 Å². The van der Waals surface area contributed by atoms with Gasteiger partial charge in [0, 0.05) is 17.3 Å². The molecular weight excluding hydrogens is 383 g/mol. The molecule has 0 aliphatic carbocycles. The second-order valence-corrected chi connectivity index (χ2v) is 6.30. The van der Waals surface area contributed by atoms with Crippen molar-refractivity contribution < 1.29 is 17.9 Å². The molecule has 0 aliphatic heterocycles. The van der Waals surface area contributed by atoms with Crippen molar-refractivity contribution in [3.63, 3.8) is 0 Å². The van der Waals surface area contributed by atoms with Gasteiger partial charge in [-0.1, -0.05) is 17.7 Å². The molecule has 27 heavy (non-hydrogen) atoms. The molecule has 0 unspecified atom stereocenters. The number of benzene rings is 1. The average molecular weight is 398 g/mol. The number of fused-ring (bicyclic) bond motifs is 1. The Bertz CT molecular complexity index is 1030. The molecule has 0 radical (unpaired) electrons. The maximum Gasteiger partial charge on any atom is 0.422 e. The number of ether oxygens (including phenoxy) is 1. The lowest BCUT2D eigenvalue weighted by Gasteiger charge is -2.15. The van der Waals surface area contributed by atoms with E-state index in [2.05, 4.69) is 10.3 Å². The van der Waals surface area contributed by atoms with E-state index < -0.39 is 12.8 Å². The number of nitrogens with zero attached hydrogens (tertiary/aromatic N) is 2. The quantitative estimate of drug-likeness (QED) is 0.700. The number of anilines is 1. The normalized spacial score (nSPS) is 11.6. The molecule has 5 nitrogen and oxygen atoms in total. The third kappa shape index (κ3) is 4.71. The standard InChI is InChI=1S/C18H15ClF3N3O2/c1-11-3-2-6-25-16(26)8-13(24-17(11)25)9-23-14-7-12(19)4-5-15(14)27-10-18(20,21)22/h2-8,23H,9-10H2,1H3. The van der Waals surface area contributed by atoms with E-state index in [1.165, 1.54) is 28.7 Å². The van der Waals surface area contributed by atoms with E-state index in [0.29, 0.717) is 16.4 Å². The first-order valence-electron chi connectivity index (χ1n) is 7.94. The van der Waals surface area contributed by atoms with E-state index in [9.17, 15) is 18.0 Å². The third-order valence-electron chi connectivity index (χ3n) is 3.73. The fourth-order valence-electron chi connectivity index (χ4n) is 2.51. The lowest BCUT2D eigenvalue weighted by molar-refractivity contribution is -0.153. The minimum atomic E-state index is -4.46. The third-order valence-corrected chi connectivity index (χ3v) is 3.97. The van der Waals surface area contributed by atoms with Crippen LogP contribution in [0.1, 0.15) is 11.3 Å². The van der Waals surface area contributed by atoms with Crippen LogP contribution in [0.4, 0.5) is 18.9 Å². The van der Waals surface area contributed by atoms with Gasteiger partial charge in [0.2, 0.25) is 0 Å². The van der Waals surface area contributed by atoms with Crippen LogP contribution in [0.2, 0.25) is 5.02 Å². The molecule has 0 atom stereocenters. The Morgan fingerprint density at radius 1 is 1.26 bits per heavy atom. The van der Waals surface area contributed by atoms with Gasteiger partial charge in [-0.2, -0.15) is 13.2 Å². The number of hydrogen-bond donors (Lipinski definition) is 1. The molecule has 3 rings (SSSR count). The van der Waals surface area contributed by atoms with Gasteiger partial charge in [0.05, 0.1) is 17.9 Å². The Kier molecular flexibility index (Phi) is 5.27. The van der Waals surface area contributed by atoms with Crippen molar-refractivity contribution in [3.8, 4) is 5.75 Å². The molecule has 3 aromatic rings. The Morgan fingerprint density at radius 2 is 2.04 bits per heavy atom. The van der Waals surface area contributed by atoms with Gasteiger partial charge >= 0.3 is 6.18 Å². The summed E-state index contributed by atoms with van der Waals surface area (Å²) in [6, 6.07) is 9.18. The molecule has 0 amide bonds. The van der Waals surface area contributed by atoms with E-state index in [1.54, 1.807) is 12.3 Å². The van der Waals surface area contributed by atoms with Gasteiger partial charge in [-0.05, 0) is 36.8 Å². The monoisotopic (exact) mass is 397 g/mol. The van der Waals surface area contributed by atoms with Crippen LogP contribution in [0.25, 0.3) is 5.65 Å². The first-order valence-corrected chi connectivity index (χ1v) is 8.31. The van der Waals surface area contributed by atoms with Crippen molar-refractivity contribution in [2.45, 2.75) is 19.6 Å². The summed E-state index contributed by atoms with van der Waals surface area (Å²) in [7, 11) is 0. The van der Waals surface area contributed by atoms with Gasteiger partial charge in [0.25, 0.3) is 5.56 Å². The Balaban J connectivity index is 1.84. The number of rotatable bonds is 5. The zero-order valence-electron chi connectivity index (χ0n) is 14.2. The molecule has 2 heterocycles. The number of alkyl halides is 3. The van der Waals surface area contributed by atoms with Gasteiger partial charge in [0.15, 0.2) is 6.61 Å². The van der Waals surface area contributed by atoms with Crippen LogP contribution < -0.4 is 15.6 Å². The summed E-state index contributed by atoms with van der Waals surface area (Å²) in [5, 5.41) is 3.26. The van der Waals surface area contributed by atoms with Crippen molar-refractivity contribution in [2.75, 3.05) is 11.9 Å². The van der Waals surface area contributed by atoms with Crippen molar-refractivity contribution in [1.29, 1.82) is 0 Å². The molecule has 0 aliphatic rings. The average Bonchev–Trinajstić information content (AvgIpc) is 2.59. The van der Waals surface area contributed by atoms with E-state index >= 15 is 0 Å². The topological polar surface area (TPSA) is 55.6 Å². The lowest BCUT2D eigenvalue weighted by Crippen LogP contribution is -2.20. The highest BCUT2D eigenvalue weighted by molar-refractivity contribution is 6.30. The Morgan fingerprint density at radius 3 is 2.78 bits per heavy atom. The van der Waals surface area contributed by atoms with Crippen molar-refractivity contribution >= 4 is 22.9 Å². The second kappa shape index (κ2) is 7.48. The molecule has 2 aromatic heterocycles. The molecule has 1 aromatic carbocycles. The number of hydrogen-bond acceptors (Lipinski definition) is 4. The van der Waals surface area contributed by atoms with E-state index in [1.807, 2.05) is 13.0 Å². The van der Waals surface area contributed by atoms with E-state index in [-0.39, 0.29) is 23.5 Å². The molecular formula is C18H15ClF3N3O2. The number of aromatic nitrogens is 2. The van der Waals surface area contributed by atoms with Crippen LogP contribution in [0.3, 0.4) is 0 Å². The molecule has 0 bridgehead atoms. The van der Waals surface area contributed by atoms with Crippen LogP contribution in [-0.4, -0.2) is 22.2 Å². The van der Waals surface area contributed by atoms with Gasteiger partial charge in [0.1, 0.15) is 11.4 Å². The fourth-order valence-corrected chi connectivity index (χ4v) is 2.68. The molecule has 0 fully saturated rings. The first-order chi connectivity index (χ1) is 12.7. The maximum atomic E-state index is 12.4. The molecule has 0 saturated carbocycles. The van der Waals surface area contributed by atoms with Crippen LogP contribution in [0, 0.1) is 6.92 Å². The van der Waals surface area contributed by atoms with Gasteiger partial charge in [-0.15, -0.1) is 0 Å². The van der Waals surface area contributed by atoms with Crippen LogP contribution in [0.15, 0.2) is 47.4 Å². The van der Waals surface area contributed by atoms with Gasteiger partial charge in [-0.3, -0.25) is 9.20 Å². The Labute approximate surface area is 157 Å². The molecule has 0 saturated heterocycles. The summed E-state index contributed by atoms with van der Waals surface area (Å²) in [6.07, 6.45) is -2.84. The van der Waals surface area contributed by atoms with Gasteiger partial charge < -0.3 is 10.1 Å². The predicted molar refractivity (Wildman–Crippen MR) is 96.5 cm³/mol. The summed E-state index contributed by atoms with van der Waals surface area (Å²) in [4.78, 5) is 16.7. The predicted octanol–water partition coefficient (Wildman–Crippen LogP) is 4.21. The minimum absolute atomic E-state index is 0.00502. The van der Waals surface area contributed by atoms with Crippen molar-refractivity contribution in [2.24, 2.45) is 0 Å². The van der Waals surface area contributed by atoms with Crippen LogP contribution in [-0.2, 0) is 6.54 Å². The largest absolute Gasteiger partial charge is 0.482 e. The summed E-state index contributed by atoms with van der Waals surface area (Å²) in [5.74, 6) is 0.00502. The van der Waals surface area contributed by atoms with Crippen LogP contribution in [0.5, 0.6) is 5.75 Å². The highest BCUT2D eigenvalue weighted by Gasteiger charge is 2.28. The summed E-state index contributed by atoms with van der Waals surface area (Å²) >= 11 is 5.93. The van der Waals surface area contributed by atoms with E-state index in [4.69, 9.17) is 16.3 Å². The SMILES string of the molecule is Cc1cccn2c(=O)cc(CNc3cc(Cl)ccc3OCC(F)(F)F)nc12. The number of aryl methyl sites for hydroxylation is 1. The zero-order valence-corrected chi connectivity index (χ0v) is 14.9. The first kappa shape index (κ1) is 19.0. The number of halogens is 4. The summed E-state index contributed by atoms with van der Waals surface area (Å²) < 4.78 is 43.5. The lowest BCUT2D eigenvalue weighted by atomic mass is 10.2. The maximum absolute atomic E-state index is 12.4. The van der Waals surface area contributed by atoms with Crippen molar-refractivity contribution in [3.05, 3.63) is 69.2 Å². The second-order valence-electron chi connectivity index (χ2n) is 5.87. The number of nitrogens with one attached hydrogen (secondary N) is 1. The highest BCUT2D eigenvalue weighted by atomic mass is 35.5. The van der Waals surface area contributed by atoms with Crippen LogP contribution >= 0.6 is 11.6 Å².